The fourth-order valence-corrected chi connectivity index (χ4v) is 1.88. The van der Waals surface area contributed by atoms with E-state index in [0.717, 1.165) is 12.8 Å². The lowest BCUT2D eigenvalue weighted by Gasteiger charge is -2.00. The van der Waals surface area contributed by atoms with Gasteiger partial charge < -0.3 is 5.73 Å². The van der Waals surface area contributed by atoms with Gasteiger partial charge in [0.25, 0.3) is 0 Å². The molecule has 1 aliphatic carbocycles. The molecule has 0 aromatic heterocycles. The van der Waals surface area contributed by atoms with Crippen molar-refractivity contribution < 1.29 is 0 Å². The maximum atomic E-state index is 8.68. The first-order valence-corrected chi connectivity index (χ1v) is 5.62. The predicted octanol–water partition coefficient (Wildman–Crippen LogP) is 2.39. The van der Waals surface area contributed by atoms with Gasteiger partial charge in [0.1, 0.15) is 0 Å². The van der Waals surface area contributed by atoms with Gasteiger partial charge in [-0.1, -0.05) is 23.8 Å². The van der Waals surface area contributed by atoms with Crippen molar-refractivity contribution in [1.29, 1.82) is 5.26 Å². The highest BCUT2D eigenvalue weighted by molar-refractivity contribution is 5.32. The number of hydrogen-bond acceptors (Lipinski definition) is 2. The molecule has 2 atom stereocenters. The van der Waals surface area contributed by atoms with Gasteiger partial charge in [-0.05, 0) is 43.4 Å². The molecule has 0 spiro atoms. The maximum absolute atomic E-state index is 8.68. The first-order chi connectivity index (χ1) is 7.70. The Morgan fingerprint density at radius 1 is 1.50 bits per heavy atom. The molecule has 2 heteroatoms. The molecule has 1 aliphatic rings. The minimum atomic E-state index is 0.386. The van der Waals surface area contributed by atoms with Gasteiger partial charge in [-0.25, -0.2) is 0 Å². The summed E-state index contributed by atoms with van der Waals surface area (Å²) < 4.78 is 0. The van der Waals surface area contributed by atoms with Crippen LogP contribution in [0.25, 0.3) is 0 Å². The highest BCUT2D eigenvalue weighted by Crippen LogP contribution is 2.35. The maximum Gasteiger partial charge on any atom is 0.0991 e. The van der Waals surface area contributed by atoms with E-state index in [9.17, 15) is 0 Å². The van der Waals surface area contributed by atoms with Crippen LogP contribution in [0, 0.1) is 17.2 Å². The Labute approximate surface area is 96.4 Å². The summed E-state index contributed by atoms with van der Waals surface area (Å²) in [7, 11) is 0. The van der Waals surface area contributed by atoms with Crippen LogP contribution in [0.4, 0.5) is 0 Å². The number of hydrogen-bond donors (Lipinski definition) is 1. The van der Waals surface area contributed by atoms with Crippen LogP contribution in [0.1, 0.15) is 24.5 Å². The summed E-state index contributed by atoms with van der Waals surface area (Å²) in [4.78, 5) is 0. The Kier molecular flexibility index (Phi) is 3.07. The molecule has 0 amide bonds. The lowest BCUT2D eigenvalue weighted by molar-refractivity contribution is 0.908. The highest BCUT2D eigenvalue weighted by atomic mass is 14.7. The molecule has 16 heavy (non-hydrogen) atoms. The third kappa shape index (κ3) is 2.50. The van der Waals surface area contributed by atoms with Gasteiger partial charge in [0.2, 0.25) is 0 Å². The van der Waals surface area contributed by atoms with E-state index in [1.54, 1.807) is 0 Å². The highest BCUT2D eigenvalue weighted by Gasteiger charge is 2.34. The van der Waals surface area contributed by atoms with E-state index < -0.39 is 0 Å². The molecule has 0 aliphatic heterocycles. The van der Waals surface area contributed by atoms with Crippen LogP contribution >= 0.6 is 0 Å². The number of nitrogens with zero attached hydrogens (tertiary/aromatic N) is 1. The number of rotatable bonds is 3. The van der Waals surface area contributed by atoms with E-state index in [-0.39, 0.29) is 0 Å². The first kappa shape index (κ1) is 10.9. The second-order valence-electron chi connectivity index (χ2n) is 4.47. The summed E-state index contributed by atoms with van der Waals surface area (Å²) in [5.74, 6) is 0.610. The molecular weight excluding hydrogens is 196 g/mol. The Hall–Kier alpha value is -1.59. The Bertz CT molecular complexity index is 437. The molecule has 1 aromatic rings. The van der Waals surface area contributed by atoms with Gasteiger partial charge in [-0.2, -0.15) is 5.26 Å². The van der Waals surface area contributed by atoms with Crippen molar-refractivity contribution >= 4 is 0 Å². The van der Waals surface area contributed by atoms with E-state index in [0.29, 0.717) is 17.5 Å². The molecule has 2 unspecified atom stereocenters. The molecule has 0 bridgehead atoms. The van der Waals surface area contributed by atoms with Crippen molar-refractivity contribution in [3.63, 3.8) is 0 Å². The van der Waals surface area contributed by atoms with Crippen LogP contribution in [-0.4, -0.2) is 6.04 Å². The SMILES string of the molecule is C/C(=C\Cc1ccc(C#N)cc1)C1CC1N. The zero-order chi connectivity index (χ0) is 11.5. The molecule has 2 rings (SSSR count). The van der Waals surface area contributed by atoms with Crippen LogP contribution in [0.5, 0.6) is 0 Å². The van der Waals surface area contributed by atoms with Gasteiger partial charge in [0, 0.05) is 6.04 Å². The average molecular weight is 212 g/mol. The summed E-state index contributed by atoms with van der Waals surface area (Å²) in [5, 5.41) is 8.68. The van der Waals surface area contributed by atoms with Crippen molar-refractivity contribution in [2.45, 2.75) is 25.8 Å². The standard InChI is InChI=1S/C14H16N2/c1-10(13-8-14(13)16)2-3-11-4-6-12(9-15)7-5-11/h2,4-7,13-14H,3,8,16H2,1H3/b10-2+. The Balaban J connectivity index is 1.96. The topological polar surface area (TPSA) is 49.8 Å². The minimum Gasteiger partial charge on any atom is -0.327 e. The van der Waals surface area contributed by atoms with E-state index >= 15 is 0 Å². The lowest BCUT2D eigenvalue weighted by atomic mass is 10.1. The summed E-state index contributed by atoms with van der Waals surface area (Å²) in [6.45, 7) is 2.15. The van der Waals surface area contributed by atoms with Crippen molar-refractivity contribution in [3.8, 4) is 6.07 Å². The molecule has 1 aromatic carbocycles. The summed E-state index contributed by atoms with van der Waals surface area (Å²) in [6, 6.07) is 10.3. The monoisotopic (exact) mass is 212 g/mol. The number of allylic oxidation sites excluding steroid dienone is 1. The number of nitriles is 1. The summed E-state index contributed by atoms with van der Waals surface area (Å²) >= 11 is 0. The van der Waals surface area contributed by atoms with Crippen LogP contribution < -0.4 is 5.73 Å². The zero-order valence-electron chi connectivity index (χ0n) is 9.48. The third-order valence-corrected chi connectivity index (χ3v) is 3.17. The largest absolute Gasteiger partial charge is 0.327 e. The van der Waals surface area contributed by atoms with Crippen molar-refractivity contribution in [2.75, 3.05) is 0 Å². The molecular formula is C14H16N2. The molecule has 82 valence electrons. The van der Waals surface area contributed by atoms with Gasteiger partial charge in [-0.15, -0.1) is 0 Å². The second kappa shape index (κ2) is 4.51. The first-order valence-electron chi connectivity index (χ1n) is 5.62. The molecule has 1 fully saturated rings. The van der Waals surface area contributed by atoms with Gasteiger partial charge in [0.05, 0.1) is 11.6 Å². The van der Waals surface area contributed by atoms with E-state index in [1.807, 2.05) is 24.3 Å². The van der Waals surface area contributed by atoms with Crippen LogP contribution in [0.3, 0.4) is 0 Å². The molecule has 2 nitrogen and oxygen atoms in total. The Morgan fingerprint density at radius 3 is 2.62 bits per heavy atom. The number of benzene rings is 1. The number of nitrogens with two attached hydrogens (primary N) is 1. The minimum absolute atomic E-state index is 0.386. The van der Waals surface area contributed by atoms with Crippen LogP contribution in [0.15, 0.2) is 35.9 Å². The summed E-state index contributed by atoms with van der Waals surface area (Å²) in [5.41, 5.74) is 9.16. The van der Waals surface area contributed by atoms with Crippen LogP contribution in [-0.2, 0) is 6.42 Å². The van der Waals surface area contributed by atoms with E-state index in [1.165, 1.54) is 11.1 Å². The van der Waals surface area contributed by atoms with Crippen molar-refractivity contribution in [1.82, 2.24) is 0 Å². The molecule has 0 radical (unpaired) electrons. The summed E-state index contributed by atoms with van der Waals surface area (Å²) in [6.07, 6.45) is 4.31. The second-order valence-corrected chi connectivity index (χ2v) is 4.47. The molecule has 1 saturated carbocycles. The van der Waals surface area contributed by atoms with Gasteiger partial charge >= 0.3 is 0 Å². The zero-order valence-corrected chi connectivity index (χ0v) is 9.48. The molecule has 0 saturated heterocycles. The van der Waals surface area contributed by atoms with E-state index in [2.05, 4.69) is 19.1 Å². The lowest BCUT2D eigenvalue weighted by Crippen LogP contribution is -2.02. The van der Waals surface area contributed by atoms with Crippen LogP contribution in [0.2, 0.25) is 0 Å². The fourth-order valence-electron chi connectivity index (χ4n) is 1.88. The van der Waals surface area contributed by atoms with Crippen molar-refractivity contribution in [3.05, 3.63) is 47.0 Å². The fraction of sp³-hybridized carbons (Fsp3) is 0.357. The van der Waals surface area contributed by atoms with E-state index in [4.69, 9.17) is 11.0 Å². The molecule has 0 heterocycles. The predicted molar refractivity (Wildman–Crippen MR) is 64.7 cm³/mol. The molecule has 2 N–H and O–H groups in total. The van der Waals surface area contributed by atoms with Gasteiger partial charge in [-0.3, -0.25) is 0 Å². The van der Waals surface area contributed by atoms with Gasteiger partial charge in [0.15, 0.2) is 0 Å². The average Bonchev–Trinajstić information content (AvgIpc) is 3.04. The quantitative estimate of drug-likeness (QED) is 0.782. The smallest absolute Gasteiger partial charge is 0.0991 e. The third-order valence-electron chi connectivity index (χ3n) is 3.17. The Morgan fingerprint density at radius 2 is 2.12 bits per heavy atom. The van der Waals surface area contributed by atoms with Crippen molar-refractivity contribution in [2.24, 2.45) is 11.7 Å². The normalized spacial score (nSPS) is 23.9.